The van der Waals surface area contributed by atoms with Gasteiger partial charge in [-0.25, -0.2) is 0 Å². The maximum Gasteiger partial charge on any atom is 0.251 e. The van der Waals surface area contributed by atoms with Crippen LogP contribution in [0.1, 0.15) is 46.8 Å². The molecule has 1 aliphatic carbocycles. The van der Waals surface area contributed by atoms with Crippen molar-refractivity contribution < 1.29 is 9.53 Å². The van der Waals surface area contributed by atoms with Gasteiger partial charge < -0.3 is 15.0 Å². The standard InChI is InChI=1S/C26H27N3O2S/c1-32-23-11-8-21(27-17-23)16-28-26(30)20-7-12-24-25(15-20)31-14-2-13-29(24)22-9-5-19(6-10-22)18-3-4-18/h5-12,15,17-18H,2-4,13-14,16H2,1H3,(H,28,30). The van der Waals surface area contributed by atoms with E-state index in [1.54, 1.807) is 11.8 Å². The van der Waals surface area contributed by atoms with Crippen LogP contribution < -0.4 is 15.0 Å². The Morgan fingerprint density at radius 2 is 2.00 bits per heavy atom. The molecule has 1 N–H and O–H groups in total. The van der Waals surface area contributed by atoms with Gasteiger partial charge in [-0.3, -0.25) is 9.78 Å². The maximum atomic E-state index is 12.8. The van der Waals surface area contributed by atoms with Crippen molar-refractivity contribution in [1.82, 2.24) is 10.3 Å². The van der Waals surface area contributed by atoms with Crippen LogP contribution in [0.25, 0.3) is 0 Å². The van der Waals surface area contributed by atoms with Crippen LogP contribution in [0.2, 0.25) is 0 Å². The van der Waals surface area contributed by atoms with E-state index in [2.05, 4.69) is 39.5 Å². The number of fused-ring (bicyclic) bond motifs is 1. The minimum Gasteiger partial charge on any atom is -0.491 e. The van der Waals surface area contributed by atoms with Crippen molar-refractivity contribution in [3.05, 3.63) is 77.6 Å². The van der Waals surface area contributed by atoms with Crippen LogP contribution in [-0.4, -0.2) is 30.3 Å². The van der Waals surface area contributed by atoms with E-state index in [1.807, 2.05) is 42.8 Å². The molecule has 0 saturated heterocycles. The summed E-state index contributed by atoms with van der Waals surface area (Å²) < 4.78 is 6.01. The second-order valence-electron chi connectivity index (χ2n) is 8.27. The van der Waals surface area contributed by atoms with E-state index in [0.29, 0.717) is 18.7 Å². The lowest BCUT2D eigenvalue weighted by Crippen LogP contribution is -2.23. The average molecular weight is 446 g/mol. The molecule has 0 radical (unpaired) electrons. The number of pyridine rings is 1. The van der Waals surface area contributed by atoms with Crippen molar-refractivity contribution in [2.75, 3.05) is 24.3 Å². The number of hydrogen-bond donors (Lipinski definition) is 1. The summed E-state index contributed by atoms with van der Waals surface area (Å²) in [4.78, 5) is 20.6. The number of hydrogen-bond acceptors (Lipinski definition) is 5. The van der Waals surface area contributed by atoms with Crippen molar-refractivity contribution in [2.24, 2.45) is 0 Å². The SMILES string of the molecule is CSc1ccc(CNC(=O)c2ccc3c(c2)OCCCN3c2ccc(C3CC3)cc2)nc1. The molecule has 0 bridgehead atoms. The second-order valence-corrected chi connectivity index (χ2v) is 9.15. The lowest BCUT2D eigenvalue weighted by Gasteiger charge is -2.24. The molecule has 1 saturated carbocycles. The molecular formula is C26H27N3O2S. The molecule has 5 nitrogen and oxygen atoms in total. The summed E-state index contributed by atoms with van der Waals surface area (Å²) >= 11 is 1.65. The fourth-order valence-electron chi connectivity index (χ4n) is 4.04. The van der Waals surface area contributed by atoms with E-state index < -0.39 is 0 Å². The van der Waals surface area contributed by atoms with E-state index in [0.717, 1.165) is 46.6 Å². The number of anilines is 2. The molecule has 164 valence electrons. The average Bonchev–Trinajstić information content (AvgIpc) is 3.70. The van der Waals surface area contributed by atoms with Gasteiger partial charge in [-0.1, -0.05) is 12.1 Å². The number of rotatable bonds is 6. The van der Waals surface area contributed by atoms with Crippen LogP contribution in [0.3, 0.4) is 0 Å². The first-order chi connectivity index (χ1) is 15.7. The smallest absolute Gasteiger partial charge is 0.251 e. The Kier molecular flexibility index (Phi) is 6.04. The van der Waals surface area contributed by atoms with Crippen molar-refractivity contribution >= 4 is 29.0 Å². The van der Waals surface area contributed by atoms with Crippen molar-refractivity contribution in [3.8, 4) is 5.75 Å². The number of nitrogens with one attached hydrogen (secondary N) is 1. The third-order valence-electron chi connectivity index (χ3n) is 6.01. The summed E-state index contributed by atoms with van der Waals surface area (Å²) in [5, 5.41) is 2.96. The molecule has 1 fully saturated rings. The Hall–Kier alpha value is -2.99. The number of benzene rings is 2. The fourth-order valence-corrected chi connectivity index (χ4v) is 4.40. The maximum absolute atomic E-state index is 12.8. The summed E-state index contributed by atoms with van der Waals surface area (Å²) in [5.41, 5.74) is 5.04. The van der Waals surface area contributed by atoms with Gasteiger partial charge in [-0.05, 0) is 79.5 Å². The topological polar surface area (TPSA) is 54.5 Å². The van der Waals surface area contributed by atoms with Gasteiger partial charge in [-0.15, -0.1) is 11.8 Å². The zero-order chi connectivity index (χ0) is 21.9. The highest BCUT2D eigenvalue weighted by Gasteiger charge is 2.24. The van der Waals surface area contributed by atoms with Gasteiger partial charge in [0.25, 0.3) is 5.91 Å². The minimum absolute atomic E-state index is 0.128. The van der Waals surface area contributed by atoms with E-state index >= 15 is 0 Å². The van der Waals surface area contributed by atoms with Gasteiger partial charge >= 0.3 is 0 Å². The zero-order valence-electron chi connectivity index (χ0n) is 18.2. The van der Waals surface area contributed by atoms with Gasteiger partial charge in [0.1, 0.15) is 5.75 Å². The number of nitrogens with zero attached hydrogens (tertiary/aromatic N) is 2. The monoisotopic (exact) mass is 445 g/mol. The van der Waals surface area contributed by atoms with Crippen LogP contribution in [0, 0.1) is 0 Å². The highest BCUT2D eigenvalue weighted by atomic mass is 32.2. The largest absolute Gasteiger partial charge is 0.491 e. The highest BCUT2D eigenvalue weighted by Crippen LogP contribution is 2.42. The summed E-state index contributed by atoms with van der Waals surface area (Å²) in [6.07, 6.45) is 7.39. The summed E-state index contributed by atoms with van der Waals surface area (Å²) in [6.45, 7) is 1.92. The predicted octanol–water partition coefficient (Wildman–Crippen LogP) is 5.53. The summed E-state index contributed by atoms with van der Waals surface area (Å²) in [6, 6.07) is 18.6. The Bertz CT molecular complexity index is 1100. The summed E-state index contributed by atoms with van der Waals surface area (Å²) in [7, 11) is 0. The third-order valence-corrected chi connectivity index (χ3v) is 6.73. The Morgan fingerprint density at radius 3 is 2.72 bits per heavy atom. The van der Waals surface area contributed by atoms with Crippen LogP contribution in [0.4, 0.5) is 11.4 Å². The van der Waals surface area contributed by atoms with Crippen molar-refractivity contribution in [1.29, 1.82) is 0 Å². The molecule has 1 aromatic heterocycles. The molecule has 2 aliphatic rings. The first kappa shape index (κ1) is 20.9. The molecule has 5 rings (SSSR count). The zero-order valence-corrected chi connectivity index (χ0v) is 19.0. The molecule has 0 spiro atoms. The van der Waals surface area contributed by atoms with Crippen LogP contribution in [-0.2, 0) is 6.54 Å². The minimum atomic E-state index is -0.128. The molecular weight excluding hydrogens is 418 g/mol. The van der Waals surface area contributed by atoms with Crippen LogP contribution in [0.5, 0.6) is 5.75 Å². The van der Waals surface area contributed by atoms with Crippen molar-refractivity contribution in [3.63, 3.8) is 0 Å². The molecule has 1 aliphatic heterocycles. The van der Waals surface area contributed by atoms with E-state index in [1.165, 1.54) is 18.4 Å². The molecule has 1 amide bonds. The first-order valence-electron chi connectivity index (χ1n) is 11.1. The number of aromatic nitrogens is 1. The molecule has 6 heteroatoms. The van der Waals surface area contributed by atoms with E-state index in [-0.39, 0.29) is 5.91 Å². The molecule has 0 unspecified atom stereocenters. The lowest BCUT2D eigenvalue weighted by atomic mass is 10.1. The molecule has 2 aromatic carbocycles. The second kappa shape index (κ2) is 9.25. The number of carbonyl (C=O) groups is 1. The fraction of sp³-hybridized carbons (Fsp3) is 0.308. The van der Waals surface area contributed by atoms with Gasteiger partial charge in [0.15, 0.2) is 0 Å². The van der Waals surface area contributed by atoms with Gasteiger partial charge in [-0.2, -0.15) is 0 Å². The Labute approximate surface area is 193 Å². The Balaban J connectivity index is 1.31. The number of thioether (sulfide) groups is 1. The predicted molar refractivity (Wildman–Crippen MR) is 129 cm³/mol. The van der Waals surface area contributed by atoms with Crippen LogP contribution in [0.15, 0.2) is 65.7 Å². The molecule has 2 heterocycles. The lowest BCUT2D eigenvalue weighted by molar-refractivity contribution is 0.0950. The van der Waals surface area contributed by atoms with E-state index in [4.69, 9.17) is 4.74 Å². The quantitative estimate of drug-likeness (QED) is 0.506. The van der Waals surface area contributed by atoms with E-state index in [9.17, 15) is 4.79 Å². The molecule has 3 aromatic rings. The highest BCUT2D eigenvalue weighted by molar-refractivity contribution is 7.98. The number of ether oxygens (including phenoxy) is 1. The molecule has 0 atom stereocenters. The third kappa shape index (κ3) is 4.60. The number of amides is 1. The first-order valence-corrected chi connectivity index (χ1v) is 12.4. The number of carbonyl (C=O) groups excluding carboxylic acids is 1. The molecule has 32 heavy (non-hydrogen) atoms. The van der Waals surface area contributed by atoms with Gasteiger partial charge in [0.05, 0.1) is 24.5 Å². The Morgan fingerprint density at radius 1 is 1.16 bits per heavy atom. The summed E-state index contributed by atoms with van der Waals surface area (Å²) in [5.74, 6) is 1.38. The van der Waals surface area contributed by atoms with Gasteiger partial charge in [0, 0.05) is 28.9 Å². The van der Waals surface area contributed by atoms with Gasteiger partial charge in [0.2, 0.25) is 0 Å². The normalized spacial score (nSPS) is 15.5. The van der Waals surface area contributed by atoms with Crippen molar-refractivity contribution in [2.45, 2.75) is 36.6 Å². The van der Waals surface area contributed by atoms with Crippen LogP contribution >= 0.6 is 11.8 Å².